The molecule has 3 heterocycles. The molecule has 3 N–H and O–H groups in total. The van der Waals surface area contributed by atoms with E-state index in [0.29, 0.717) is 12.1 Å². The van der Waals surface area contributed by atoms with Gasteiger partial charge in [0.25, 0.3) is 5.91 Å². The zero-order valence-electron chi connectivity index (χ0n) is 24.7. The molecular formula is C32H37N5O5S. The smallest absolute Gasteiger partial charge is 0.255 e. The van der Waals surface area contributed by atoms with Crippen molar-refractivity contribution in [2.45, 2.75) is 64.4 Å². The monoisotopic (exact) mass is 603 g/mol. The number of carbonyl (C=O) groups excluding carboxylic acids is 4. The Balaban J connectivity index is 1.36. The van der Waals surface area contributed by atoms with Crippen LogP contribution in [0.15, 0.2) is 54.0 Å². The number of hydrogen-bond acceptors (Lipinski definition) is 7. The molecule has 2 aromatic carbocycles. The van der Waals surface area contributed by atoms with Gasteiger partial charge in [0, 0.05) is 32.1 Å². The summed E-state index contributed by atoms with van der Waals surface area (Å²) in [7, 11) is 1.54. The number of rotatable bonds is 9. The number of benzene rings is 2. The van der Waals surface area contributed by atoms with E-state index >= 15 is 0 Å². The molecule has 0 radical (unpaired) electrons. The fourth-order valence-electron chi connectivity index (χ4n) is 6.01. The number of nitrogens with one attached hydrogen (secondary N) is 2. The van der Waals surface area contributed by atoms with Gasteiger partial charge >= 0.3 is 0 Å². The highest BCUT2D eigenvalue weighted by Gasteiger charge is 2.46. The Kier molecular flexibility index (Phi) is 8.93. The second kappa shape index (κ2) is 12.6. The number of aliphatic hydroxyl groups is 1. The van der Waals surface area contributed by atoms with E-state index in [1.165, 1.54) is 11.9 Å². The fraction of sp³-hybridized carbons (Fsp3) is 0.406. The number of aromatic nitrogens is 1. The summed E-state index contributed by atoms with van der Waals surface area (Å²) in [6.45, 7) is 5.98. The zero-order chi connectivity index (χ0) is 30.8. The van der Waals surface area contributed by atoms with Crippen molar-refractivity contribution in [2.75, 3.05) is 13.6 Å². The second-order valence-corrected chi connectivity index (χ2v) is 12.4. The molecule has 43 heavy (non-hydrogen) atoms. The molecule has 3 aromatic rings. The van der Waals surface area contributed by atoms with E-state index in [1.54, 1.807) is 33.9 Å². The molecule has 2 aliphatic rings. The highest BCUT2D eigenvalue weighted by Crippen LogP contribution is 2.32. The summed E-state index contributed by atoms with van der Waals surface area (Å²) in [5.41, 5.74) is 5.87. The van der Waals surface area contributed by atoms with Crippen LogP contribution in [0.3, 0.4) is 0 Å². The molecule has 10 nitrogen and oxygen atoms in total. The molecular weight excluding hydrogens is 566 g/mol. The molecule has 11 heteroatoms. The number of nitrogens with zero attached hydrogens (tertiary/aromatic N) is 3. The number of carbonyl (C=O) groups is 4. The quantitative estimate of drug-likeness (QED) is 0.345. The van der Waals surface area contributed by atoms with Gasteiger partial charge in [0.1, 0.15) is 12.1 Å². The van der Waals surface area contributed by atoms with E-state index in [2.05, 4.69) is 15.6 Å². The van der Waals surface area contributed by atoms with Crippen LogP contribution >= 0.6 is 11.3 Å². The first kappa shape index (κ1) is 30.4. The Morgan fingerprint density at radius 1 is 1.12 bits per heavy atom. The van der Waals surface area contributed by atoms with Crippen LogP contribution in [0.25, 0.3) is 10.4 Å². The molecule has 2 aliphatic heterocycles. The van der Waals surface area contributed by atoms with Gasteiger partial charge in [0.2, 0.25) is 17.7 Å². The summed E-state index contributed by atoms with van der Waals surface area (Å²) >= 11 is 1.54. The number of hydrogen-bond donors (Lipinski definition) is 3. The predicted molar refractivity (Wildman–Crippen MR) is 163 cm³/mol. The lowest BCUT2D eigenvalue weighted by atomic mass is 9.99. The van der Waals surface area contributed by atoms with Crippen molar-refractivity contribution in [2.24, 2.45) is 5.92 Å². The third kappa shape index (κ3) is 6.18. The number of aryl methyl sites for hydroxylation is 1. The minimum Gasteiger partial charge on any atom is -0.391 e. The normalized spacial score (nSPS) is 19.3. The average Bonchev–Trinajstić information content (AvgIpc) is 3.69. The van der Waals surface area contributed by atoms with Gasteiger partial charge in [-0.05, 0) is 35.6 Å². The van der Waals surface area contributed by atoms with Crippen molar-refractivity contribution in [3.63, 3.8) is 0 Å². The first-order valence-electron chi connectivity index (χ1n) is 14.5. The number of amides is 4. The summed E-state index contributed by atoms with van der Waals surface area (Å²) < 4.78 is 0. The van der Waals surface area contributed by atoms with E-state index in [-0.39, 0.29) is 43.0 Å². The summed E-state index contributed by atoms with van der Waals surface area (Å²) in [6.07, 6.45) is -0.829. The van der Waals surface area contributed by atoms with Crippen molar-refractivity contribution in [1.29, 1.82) is 0 Å². The van der Waals surface area contributed by atoms with Crippen LogP contribution in [0.4, 0.5) is 0 Å². The number of fused-ring (bicyclic) bond motifs is 1. The van der Waals surface area contributed by atoms with E-state index < -0.39 is 30.1 Å². The van der Waals surface area contributed by atoms with Crippen LogP contribution in [0.5, 0.6) is 0 Å². The number of thiazole rings is 1. The molecule has 0 bridgehead atoms. The summed E-state index contributed by atoms with van der Waals surface area (Å²) in [5.74, 6) is -1.53. The maximum absolute atomic E-state index is 14.1. The lowest BCUT2D eigenvalue weighted by Crippen LogP contribution is -2.55. The highest BCUT2D eigenvalue weighted by atomic mass is 32.1. The zero-order valence-corrected chi connectivity index (χ0v) is 25.6. The topological polar surface area (TPSA) is 132 Å². The van der Waals surface area contributed by atoms with Crippen molar-refractivity contribution in [3.8, 4) is 10.4 Å². The molecule has 1 saturated heterocycles. The van der Waals surface area contributed by atoms with Crippen molar-refractivity contribution in [3.05, 3.63) is 76.4 Å². The Morgan fingerprint density at radius 2 is 1.84 bits per heavy atom. The van der Waals surface area contributed by atoms with Crippen molar-refractivity contribution in [1.82, 2.24) is 25.4 Å². The molecule has 0 aliphatic carbocycles. The molecule has 4 amide bonds. The number of aliphatic hydroxyl groups excluding tert-OH is 1. The van der Waals surface area contributed by atoms with Crippen molar-refractivity contribution < 1.29 is 24.3 Å². The van der Waals surface area contributed by atoms with Gasteiger partial charge in [-0.25, -0.2) is 4.98 Å². The van der Waals surface area contributed by atoms with Crippen LogP contribution in [0, 0.1) is 12.8 Å². The molecule has 1 fully saturated rings. The van der Waals surface area contributed by atoms with E-state index in [4.69, 9.17) is 0 Å². The van der Waals surface area contributed by atoms with E-state index in [9.17, 15) is 24.3 Å². The lowest BCUT2D eigenvalue weighted by Gasteiger charge is -2.35. The Morgan fingerprint density at radius 3 is 2.47 bits per heavy atom. The fourth-order valence-corrected chi connectivity index (χ4v) is 6.82. The highest BCUT2D eigenvalue weighted by molar-refractivity contribution is 7.13. The lowest BCUT2D eigenvalue weighted by molar-refractivity contribution is -0.143. The van der Waals surface area contributed by atoms with E-state index in [1.807, 2.05) is 57.2 Å². The Hall–Kier alpha value is -4.09. The third-order valence-corrected chi connectivity index (χ3v) is 9.22. The SMILES string of the molecule is CNC(=O)C[C@H](NC(=O)[C@@H]1C[C@@H](O)CN1C(=O)[C@H](C(C)C)N1Cc2ccccc2C1=O)c1ccc(-c2scnc2C)cc1. The van der Waals surface area contributed by atoms with Gasteiger partial charge in [0.15, 0.2) is 0 Å². The standard InChI is InChI=1S/C32H37N5O5S/c1-18(2)28(37-15-22-7-5-6-8-24(22)31(37)41)32(42)36-16-23(38)13-26(36)30(40)35-25(14-27(39)33-4)20-9-11-21(12-10-20)29-19(3)34-17-43-29/h5-12,17-18,23,25-26,28,38H,13-16H2,1-4H3,(H,33,39)(H,35,40)/t23-,25+,26+,28+/m1/s1. The van der Waals surface area contributed by atoms with Gasteiger partial charge in [-0.1, -0.05) is 56.3 Å². The minimum absolute atomic E-state index is 0.000447. The number of likely N-dealkylation sites (tertiary alicyclic amines) is 1. The predicted octanol–water partition coefficient (Wildman–Crippen LogP) is 3.05. The van der Waals surface area contributed by atoms with Crippen LogP contribution in [0.1, 0.15) is 59.9 Å². The average molecular weight is 604 g/mol. The third-order valence-electron chi connectivity index (χ3n) is 8.24. The van der Waals surface area contributed by atoms with Gasteiger partial charge < -0.3 is 25.5 Å². The van der Waals surface area contributed by atoms with Crippen LogP contribution in [-0.4, -0.2) is 75.3 Å². The molecule has 0 unspecified atom stereocenters. The summed E-state index contributed by atoms with van der Waals surface area (Å²) in [4.78, 5) is 61.9. The number of β-amino-alcohol motifs (C(OH)–C–C–N with tert-alkyl or cyclic N) is 1. The largest absolute Gasteiger partial charge is 0.391 e. The first-order chi connectivity index (χ1) is 20.6. The molecule has 4 atom stereocenters. The van der Waals surface area contributed by atoms with Gasteiger partial charge in [-0.2, -0.15) is 0 Å². The molecule has 0 saturated carbocycles. The second-order valence-electron chi connectivity index (χ2n) is 11.5. The Bertz CT molecular complexity index is 1520. The van der Waals surface area contributed by atoms with E-state index in [0.717, 1.165) is 27.3 Å². The Labute approximate surface area is 255 Å². The maximum Gasteiger partial charge on any atom is 0.255 e. The van der Waals surface area contributed by atoms with Gasteiger partial charge in [-0.15, -0.1) is 11.3 Å². The van der Waals surface area contributed by atoms with Crippen LogP contribution in [0.2, 0.25) is 0 Å². The summed E-state index contributed by atoms with van der Waals surface area (Å²) in [6, 6.07) is 12.5. The maximum atomic E-state index is 14.1. The van der Waals surface area contributed by atoms with Crippen LogP contribution < -0.4 is 10.6 Å². The first-order valence-corrected chi connectivity index (χ1v) is 15.4. The summed E-state index contributed by atoms with van der Waals surface area (Å²) in [5, 5.41) is 16.2. The molecule has 0 spiro atoms. The molecule has 226 valence electrons. The van der Waals surface area contributed by atoms with Crippen LogP contribution in [-0.2, 0) is 20.9 Å². The molecule has 5 rings (SSSR count). The van der Waals surface area contributed by atoms with Crippen molar-refractivity contribution >= 4 is 35.0 Å². The molecule has 1 aromatic heterocycles. The minimum atomic E-state index is -0.949. The van der Waals surface area contributed by atoms with Gasteiger partial charge in [0.05, 0.1) is 34.6 Å². The van der Waals surface area contributed by atoms with Gasteiger partial charge in [-0.3, -0.25) is 19.2 Å².